The topological polar surface area (TPSA) is 116 Å². The van der Waals surface area contributed by atoms with Crippen LogP contribution in [0.4, 0.5) is 10.5 Å². The first-order valence-corrected chi connectivity index (χ1v) is 11.6. The van der Waals surface area contributed by atoms with Gasteiger partial charge >= 0.3 is 5.97 Å². The quantitative estimate of drug-likeness (QED) is 0.134. The molecule has 0 unspecified atom stereocenters. The van der Waals surface area contributed by atoms with Crippen LogP contribution >= 0.6 is 11.8 Å². The molecule has 2 amide bonds. The predicted molar refractivity (Wildman–Crippen MR) is 134 cm³/mol. The second kappa shape index (κ2) is 10.9. The summed E-state index contributed by atoms with van der Waals surface area (Å²) in [5.74, 6) is -0.123. The lowest BCUT2D eigenvalue weighted by molar-refractivity contribution is -0.384. The van der Waals surface area contributed by atoms with Crippen molar-refractivity contribution in [3.05, 3.63) is 105 Å². The number of hydrogen-bond acceptors (Lipinski definition) is 8. The van der Waals surface area contributed by atoms with Gasteiger partial charge in [0.1, 0.15) is 18.1 Å². The number of imide groups is 1. The maximum Gasteiger partial charge on any atom is 0.343 e. The van der Waals surface area contributed by atoms with Crippen molar-refractivity contribution in [2.75, 3.05) is 13.2 Å². The standard InChI is InChI=1S/C26H20N2O7S/c1-17-3-2-4-22(15-17)34-14-13-27-24(29)23(36-26(27)31)16-18-5-11-21(12-6-18)35-25(30)19-7-9-20(10-8-19)28(32)33/h2-12,15-16H,13-14H2,1H3/b23-16-. The molecule has 3 aromatic carbocycles. The van der Waals surface area contributed by atoms with Crippen LogP contribution in [0.2, 0.25) is 0 Å². The SMILES string of the molecule is Cc1cccc(OCCN2C(=O)S/C(=C\c3ccc(OC(=O)c4ccc([N+](=O)[O-])cc4)cc3)C2=O)c1. The summed E-state index contributed by atoms with van der Waals surface area (Å²) in [6, 6.07) is 19.0. The second-order valence-corrected chi connectivity index (χ2v) is 8.75. The Morgan fingerprint density at radius 1 is 1.03 bits per heavy atom. The fraction of sp³-hybridized carbons (Fsp3) is 0.115. The zero-order valence-electron chi connectivity index (χ0n) is 19.1. The van der Waals surface area contributed by atoms with Crippen LogP contribution in [-0.4, -0.2) is 40.1 Å². The summed E-state index contributed by atoms with van der Waals surface area (Å²) in [6.07, 6.45) is 1.59. The number of nitro groups is 1. The molecule has 1 saturated heterocycles. The number of amides is 2. The van der Waals surface area contributed by atoms with Gasteiger partial charge in [0.25, 0.3) is 16.8 Å². The average Bonchev–Trinajstić information content (AvgIpc) is 3.12. The van der Waals surface area contributed by atoms with Crippen molar-refractivity contribution in [1.29, 1.82) is 0 Å². The van der Waals surface area contributed by atoms with Gasteiger partial charge in [-0.2, -0.15) is 0 Å². The Balaban J connectivity index is 1.34. The smallest absolute Gasteiger partial charge is 0.343 e. The minimum absolute atomic E-state index is 0.126. The first kappa shape index (κ1) is 24.7. The van der Waals surface area contributed by atoms with Crippen molar-refractivity contribution >= 4 is 40.6 Å². The molecule has 182 valence electrons. The predicted octanol–water partition coefficient (Wildman–Crippen LogP) is 5.24. The van der Waals surface area contributed by atoms with E-state index in [9.17, 15) is 24.5 Å². The first-order chi connectivity index (χ1) is 17.3. The van der Waals surface area contributed by atoms with E-state index in [4.69, 9.17) is 9.47 Å². The van der Waals surface area contributed by atoms with E-state index in [-0.39, 0.29) is 40.3 Å². The highest BCUT2D eigenvalue weighted by Gasteiger charge is 2.34. The van der Waals surface area contributed by atoms with Crippen molar-refractivity contribution in [3.8, 4) is 11.5 Å². The second-order valence-electron chi connectivity index (χ2n) is 7.76. The number of nitrogens with zero attached hydrogens (tertiary/aromatic N) is 2. The fourth-order valence-corrected chi connectivity index (χ4v) is 4.19. The largest absolute Gasteiger partial charge is 0.492 e. The molecule has 1 fully saturated rings. The van der Waals surface area contributed by atoms with Gasteiger partial charge in [-0.25, -0.2) is 4.79 Å². The molecule has 3 aromatic rings. The van der Waals surface area contributed by atoms with Crippen LogP contribution in [-0.2, 0) is 4.79 Å². The lowest BCUT2D eigenvalue weighted by Gasteiger charge is -2.13. The molecule has 0 atom stereocenters. The lowest BCUT2D eigenvalue weighted by Crippen LogP contribution is -2.32. The zero-order valence-corrected chi connectivity index (χ0v) is 19.9. The Morgan fingerprint density at radius 3 is 2.42 bits per heavy atom. The highest BCUT2D eigenvalue weighted by Crippen LogP contribution is 2.32. The third-order valence-corrected chi connectivity index (χ3v) is 6.06. The number of thioether (sulfide) groups is 1. The van der Waals surface area contributed by atoms with Crippen LogP contribution in [0.1, 0.15) is 21.5 Å². The zero-order chi connectivity index (χ0) is 25.7. The summed E-state index contributed by atoms with van der Waals surface area (Å²) in [5.41, 5.74) is 1.74. The number of rotatable bonds is 8. The normalized spacial score (nSPS) is 14.2. The minimum Gasteiger partial charge on any atom is -0.492 e. The van der Waals surface area contributed by atoms with Crippen molar-refractivity contribution in [2.45, 2.75) is 6.92 Å². The number of carbonyl (C=O) groups is 3. The van der Waals surface area contributed by atoms with Gasteiger partial charge < -0.3 is 9.47 Å². The molecule has 0 aliphatic carbocycles. The van der Waals surface area contributed by atoms with Crippen molar-refractivity contribution in [3.63, 3.8) is 0 Å². The van der Waals surface area contributed by atoms with Crippen LogP contribution in [0, 0.1) is 17.0 Å². The van der Waals surface area contributed by atoms with Gasteiger partial charge in [-0.05, 0) is 72.3 Å². The summed E-state index contributed by atoms with van der Waals surface area (Å²) in [4.78, 5) is 48.9. The van der Waals surface area contributed by atoms with Crippen LogP contribution in [0.15, 0.2) is 77.7 Å². The molecule has 0 bridgehead atoms. The first-order valence-electron chi connectivity index (χ1n) is 10.8. The number of benzene rings is 3. The molecule has 0 aromatic heterocycles. The summed E-state index contributed by atoms with van der Waals surface area (Å²) in [7, 11) is 0. The molecule has 4 rings (SSSR count). The number of hydrogen-bond donors (Lipinski definition) is 0. The molecular formula is C26H20N2O7S. The van der Waals surface area contributed by atoms with E-state index >= 15 is 0 Å². The van der Waals surface area contributed by atoms with Gasteiger partial charge in [-0.3, -0.25) is 24.6 Å². The van der Waals surface area contributed by atoms with E-state index in [1.807, 2.05) is 31.2 Å². The van der Waals surface area contributed by atoms with E-state index in [0.29, 0.717) is 11.3 Å². The molecule has 0 saturated carbocycles. The maximum atomic E-state index is 12.7. The number of non-ortho nitro benzene ring substituents is 1. The average molecular weight is 505 g/mol. The Hall–Kier alpha value is -4.44. The Labute approximate surface area is 210 Å². The molecule has 0 radical (unpaired) electrons. The molecular weight excluding hydrogens is 484 g/mol. The Bertz CT molecular complexity index is 1350. The molecule has 1 heterocycles. The molecule has 0 N–H and O–H groups in total. The molecule has 1 aliphatic heterocycles. The molecule has 9 nitrogen and oxygen atoms in total. The number of ether oxygens (including phenoxy) is 2. The molecule has 10 heteroatoms. The third kappa shape index (κ3) is 5.97. The van der Waals surface area contributed by atoms with Crippen molar-refractivity contribution < 1.29 is 28.8 Å². The van der Waals surface area contributed by atoms with E-state index in [1.165, 1.54) is 24.3 Å². The van der Waals surface area contributed by atoms with E-state index in [0.717, 1.165) is 22.2 Å². The summed E-state index contributed by atoms with van der Waals surface area (Å²) >= 11 is 0.850. The molecule has 1 aliphatic rings. The summed E-state index contributed by atoms with van der Waals surface area (Å²) in [5, 5.41) is 10.4. The van der Waals surface area contributed by atoms with E-state index in [1.54, 1.807) is 30.3 Å². The van der Waals surface area contributed by atoms with E-state index in [2.05, 4.69) is 0 Å². The third-order valence-electron chi connectivity index (χ3n) is 5.15. The number of aryl methyl sites for hydroxylation is 1. The van der Waals surface area contributed by atoms with Crippen molar-refractivity contribution in [2.24, 2.45) is 0 Å². The van der Waals surface area contributed by atoms with E-state index < -0.39 is 16.8 Å². The lowest BCUT2D eigenvalue weighted by atomic mass is 10.2. The minimum atomic E-state index is -0.661. The summed E-state index contributed by atoms with van der Waals surface area (Å²) < 4.78 is 10.9. The number of nitro benzene ring substituents is 1. The van der Waals surface area contributed by atoms with Crippen LogP contribution in [0.25, 0.3) is 6.08 Å². The highest BCUT2D eigenvalue weighted by molar-refractivity contribution is 8.18. The van der Waals surface area contributed by atoms with Gasteiger partial charge in [0, 0.05) is 12.1 Å². The Kier molecular flexibility index (Phi) is 7.45. The van der Waals surface area contributed by atoms with Gasteiger partial charge in [-0.1, -0.05) is 24.3 Å². The number of carbonyl (C=O) groups excluding carboxylic acids is 3. The fourth-order valence-electron chi connectivity index (χ4n) is 3.32. The Morgan fingerprint density at radius 2 is 1.75 bits per heavy atom. The van der Waals surface area contributed by atoms with Crippen LogP contribution < -0.4 is 9.47 Å². The summed E-state index contributed by atoms with van der Waals surface area (Å²) in [6.45, 7) is 2.26. The van der Waals surface area contributed by atoms with Gasteiger partial charge in [0.05, 0.1) is 21.9 Å². The van der Waals surface area contributed by atoms with Crippen LogP contribution in [0.3, 0.4) is 0 Å². The van der Waals surface area contributed by atoms with Gasteiger partial charge in [-0.15, -0.1) is 0 Å². The molecule has 0 spiro atoms. The maximum absolute atomic E-state index is 12.7. The van der Waals surface area contributed by atoms with Gasteiger partial charge in [0.15, 0.2) is 0 Å². The molecule has 36 heavy (non-hydrogen) atoms. The van der Waals surface area contributed by atoms with Crippen molar-refractivity contribution in [1.82, 2.24) is 4.90 Å². The van der Waals surface area contributed by atoms with Crippen LogP contribution in [0.5, 0.6) is 11.5 Å². The van der Waals surface area contributed by atoms with Gasteiger partial charge in [0.2, 0.25) is 0 Å². The highest BCUT2D eigenvalue weighted by atomic mass is 32.2. The number of esters is 1. The monoisotopic (exact) mass is 504 g/mol.